The molecule has 0 aromatic heterocycles. The highest BCUT2D eigenvalue weighted by atomic mass is 35.5. The smallest absolute Gasteiger partial charge is 0.186 e. The Morgan fingerprint density at radius 1 is 1.47 bits per heavy atom. The summed E-state index contributed by atoms with van der Waals surface area (Å²) in [7, 11) is 0. The molecule has 1 rings (SSSR count). The van der Waals surface area contributed by atoms with Crippen molar-refractivity contribution in [3.05, 3.63) is 29.0 Å². The number of nitrogens with zero attached hydrogens (tertiary/aromatic N) is 1. The minimum absolute atomic E-state index is 0.00352. The lowest BCUT2D eigenvalue weighted by Crippen LogP contribution is -2.23. The summed E-state index contributed by atoms with van der Waals surface area (Å²) in [5.74, 6) is 0.00392. The topological polar surface area (TPSA) is 73.6 Å². The average Bonchev–Trinajstić information content (AvgIpc) is 2.14. The van der Waals surface area contributed by atoms with Crippen LogP contribution in [0.15, 0.2) is 23.2 Å². The number of hydrogen-bond donors (Lipinski definition) is 2. The van der Waals surface area contributed by atoms with Crippen LogP contribution in [0, 0.1) is 5.82 Å². The predicted molar refractivity (Wildman–Crippen MR) is 57.6 cm³/mol. The molecule has 0 unspecified atom stereocenters. The number of halogens is 2. The van der Waals surface area contributed by atoms with E-state index in [9.17, 15) is 4.39 Å². The number of benzene rings is 1. The number of guanidine groups is 1. The first-order chi connectivity index (χ1) is 7.09. The van der Waals surface area contributed by atoms with Crippen LogP contribution in [0.1, 0.15) is 0 Å². The van der Waals surface area contributed by atoms with E-state index in [0.29, 0.717) is 12.3 Å². The molecule has 0 atom stereocenters. The van der Waals surface area contributed by atoms with Gasteiger partial charge in [0.05, 0.1) is 11.6 Å². The van der Waals surface area contributed by atoms with E-state index in [1.807, 2.05) is 0 Å². The van der Waals surface area contributed by atoms with Gasteiger partial charge in [0.1, 0.15) is 18.2 Å². The van der Waals surface area contributed by atoms with Crippen LogP contribution in [-0.2, 0) is 0 Å². The zero-order chi connectivity index (χ0) is 11.3. The van der Waals surface area contributed by atoms with E-state index in [-0.39, 0.29) is 17.6 Å². The van der Waals surface area contributed by atoms with Crippen molar-refractivity contribution in [2.45, 2.75) is 0 Å². The summed E-state index contributed by atoms with van der Waals surface area (Å²) in [5, 5.41) is 0.222. The Labute approximate surface area is 91.7 Å². The Morgan fingerprint density at radius 3 is 2.80 bits per heavy atom. The monoisotopic (exact) mass is 231 g/mol. The van der Waals surface area contributed by atoms with E-state index >= 15 is 0 Å². The van der Waals surface area contributed by atoms with Gasteiger partial charge < -0.3 is 16.2 Å². The SMILES string of the molecule is NC(N)=NCCOc1ccc(F)cc1Cl. The number of hydrogen-bond acceptors (Lipinski definition) is 2. The molecule has 1 aromatic carbocycles. The maximum atomic E-state index is 12.6. The minimum Gasteiger partial charge on any atom is -0.490 e. The molecule has 0 saturated heterocycles. The van der Waals surface area contributed by atoms with Crippen LogP contribution in [-0.4, -0.2) is 19.1 Å². The average molecular weight is 232 g/mol. The van der Waals surface area contributed by atoms with Gasteiger partial charge in [0.25, 0.3) is 0 Å². The van der Waals surface area contributed by atoms with Crippen molar-refractivity contribution in [2.75, 3.05) is 13.2 Å². The highest BCUT2D eigenvalue weighted by Gasteiger charge is 2.02. The standard InChI is InChI=1S/C9H11ClFN3O/c10-7-5-6(11)1-2-8(7)15-4-3-14-9(12)13/h1-2,5H,3-4H2,(H4,12,13,14). The lowest BCUT2D eigenvalue weighted by molar-refractivity contribution is 0.328. The van der Waals surface area contributed by atoms with E-state index in [1.54, 1.807) is 0 Å². The number of aliphatic imine (C=N–C) groups is 1. The Bertz CT molecular complexity index is 366. The van der Waals surface area contributed by atoms with Gasteiger partial charge in [0.2, 0.25) is 0 Å². The largest absolute Gasteiger partial charge is 0.490 e. The van der Waals surface area contributed by atoms with Crippen LogP contribution in [0.2, 0.25) is 5.02 Å². The highest BCUT2D eigenvalue weighted by Crippen LogP contribution is 2.24. The van der Waals surface area contributed by atoms with Gasteiger partial charge in [-0.25, -0.2) is 4.39 Å². The van der Waals surface area contributed by atoms with E-state index in [2.05, 4.69) is 4.99 Å². The second-order valence-electron chi connectivity index (χ2n) is 2.73. The highest BCUT2D eigenvalue weighted by molar-refractivity contribution is 6.32. The fourth-order valence-corrected chi connectivity index (χ4v) is 1.14. The number of nitrogens with two attached hydrogens (primary N) is 2. The van der Waals surface area contributed by atoms with E-state index in [0.717, 1.165) is 0 Å². The van der Waals surface area contributed by atoms with Crippen LogP contribution in [0.25, 0.3) is 0 Å². The van der Waals surface area contributed by atoms with Crippen molar-refractivity contribution in [3.8, 4) is 5.75 Å². The van der Waals surface area contributed by atoms with Gasteiger partial charge in [-0.05, 0) is 18.2 Å². The van der Waals surface area contributed by atoms with Gasteiger partial charge in [0, 0.05) is 0 Å². The van der Waals surface area contributed by atoms with Crippen LogP contribution >= 0.6 is 11.6 Å². The molecule has 0 saturated carbocycles. The first-order valence-electron chi connectivity index (χ1n) is 4.23. The Kier molecular flexibility index (Phi) is 4.17. The molecule has 0 radical (unpaired) electrons. The van der Waals surface area contributed by atoms with Gasteiger partial charge in [-0.3, -0.25) is 4.99 Å². The summed E-state index contributed by atoms with van der Waals surface area (Å²) < 4.78 is 17.9. The van der Waals surface area contributed by atoms with Crippen LogP contribution in [0.3, 0.4) is 0 Å². The second kappa shape index (κ2) is 5.41. The summed E-state index contributed by atoms with van der Waals surface area (Å²) in [6.07, 6.45) is 0. The molecule has 0 fully saturated rings. The molecule has 0 bridgehead atoms. The van der Waals surface area contributed by atoms with Crippen molar-refractivity contribution in [1.82, 2.24) is 0 Å². The molecule has 0 aliphatic rings. The van der Waals surface area contributed by atoms with Crippen molar-refractivity contribution in [3.63, 3.8) is 0 Å². The zero-order valence-electron chi connectivity index (χ0n) is 7.91. The predicted octanol–water partition coefficient (Wildman–Crippen LogP) is 1.13. The summed E-state index contributed by atoms with van der Waals surface area (Å²) in [6.45, 7) is 0.610. The molecular formula is C9H11ClFN3O. The van der Waals surface area contributed by atoms with Crippen molar-refractivity contribution >= 4 is 17.6 Å². The molecule has 0 heterocycles. The van der Waals surface area contributed by atoms with Gasteiger partial charge >= 0.3 is 0 Å². The third-order valence-electron chi connectivity index (χ3n) is 1.54. The molecule has 4 nitrogen and oxygen atoms in total. The van der Waals surface area contributed by atoms with Crippen LogP contribution in [0.5, 0.6) is 5.75 Å². The quantitative estimate of drug-likeness (QED) is 0.464. The van der Waals surface area contributed by atoms with Gasteiger partial charge in [0.15, 0.2) is 5.96 Å². The van der Waals surface area contributed by atoms with Gasteiger partial charge in [-0.2, -0.15) is 0 Å². The normalized spacial score (nSPS) is 9.73. The Hall–Kier alpha value is -1.49. The molecule has 0 amide bonds. The lowest BCUT2D eigenvalue weighted by Gasteiger charge is -2.06. The first kappa shape index (κ1) is 11.6. The van der Waals surface area contributed by atoms with Crippen molar-refractivity contribution < 1.29 is 9.13 Å². The van der Waals surface area contributed by atoms with Crippen LogP contribution < -0.4 is 16.2 Å². The fraction of sp³-hybridized carbons (Fsp3) is 0.222. The first-order valence-corrected chi connectivity index (χ1v) is 4.60. The van der Waals surface area contributed by atoms with E-state index in [1.165, 1.54) is 18.2 Å². The molecule has 6 heteroatoms. The zero-order valence-corrected chi connectivity index (χ0v) is 8.67. The molecule has 0 aliphatic carbocycles. The van der Waals surface area contributed by atoms with Crippen molar-refractivity contribution in [1.29, 1.82) is 0 Å². The van der Waals surface area contributed by atoms with Gasteiger partial charge in [-0.15, -0.1) is 0 Å². The summed E-state index contributed by atoms with van der Waals surface area (Å²) in [5.41, 5.74) is 10.2. The van der Waals surface area contributed by atoms with E-state index in [4.69, 9.17) is 27.8 Å². The van der Waals surface area contributed by atoms with Gasteiger partial charge in [-0.1, -0.05) is 11.6 Å². The fourth-order valence-electron chi connectivity index (χ4n) is 0.923. The number of rotatable bonds is 4. The molecule has 82 valence electrons. The summed E-state index contributed by atoms with van der Waals surface area (Å²) in [6, 6.07) is 3.90. The molecule has 0 aliphatic heterocycles. The Morgan fingerprint density at radius 2 is 2.20 bits per heavy atom. The molecule has 1 aromatic rings. The minimum atomic E-state index is -0.406. The third-order valence-corrected chi connectivity index (χ3v) is 1.83. The second-order valence-corrected chi connectivity index (χ2v) is 3.14. The Balaban J connectivity index is 2.47. The van der Waals surface area contributed by atoms with Crippen LogP contribution in [0.4, 0.5) is 4.39 Å². The maximum Gasteiger partial charge on any atom is 0.186 e. The third kappa shape index (κ3) is 4.03. The van der Waals surface area contributed by atoms with Crippen molar-refractivity contribution in [2.24, 2.45) is 16.5 Å². The number of ether oxygens (including phenoxy) is 1. The van der Waals surface area contributed by atoms with E-state index < -0.39 is 5.82 Å². The molecular weight excluding hydrogens is 221 g/mol. The summed E-state index contributed by atoms with van der Waals surface area (Å²) >= 11 is 5.72. The maximum absolute atomic E-state index is 12.6. The lowest BCUT2D eigenvalue weighted by atomic mass is 10.3. The molecule has 0 spiro atoms. The molecule has 15 heavy (non-hydrogen) atoms. The summed E-state index contributed by atoms with van der Waals surface area (Å²) in [4.78, 5) is 3.72. The molecule has 4 N–H and O–H groups in total.